The molecule has 4 aliphatic rings. The van der Waals surface area contributed by atoms with Crippen LogP contribution in [-0.2, 0) is 4.79 Å². The number of hydrazine groups is 1. The molecular formula is C19H24N2O2. The van der Waals surface area contributed by atoms with Gasteiger partial charge in [0.1, 0.15) is 0 Å². The predicted molar refractivity (Wildman–Crippen MR) is 87.4 cm³/mol. The lowest BCUT2D eigenvalue weighted by atomic mass is 9.49. The van der Waals surface area contributed by atoms with Gasteiger partial charge in [0.05, 0.1) is 5.41 Å². The quantitative estimate of drug-likeness (QED) is 0.825. The van der Waals surface area contributed by atoms with Crippen LogP contribution in [0.2, 0.25) is 0 Å². The number of amides is 2. The highest BCUT2D eigenvalue weighted by molar-refractivity contribution is 5.96. The Morgan fingerprint density at radius 2 is 1.43 bits per heavy atom. The lowest BCUT2D eigenvalue weighted by Crippen LogP contribution is -2.56. The maximum atomic E-state index is 12.8. The molecule has 2 amide bonds. The van der Waals surface area contributed by atoms with Gasteiger partial charge in [-0.05, 0) is 75.3 Å². The van der Waals surface area contributed by atoms with Gasteiger partial charge in [-0.2, -0.15) is 0 Å². The van der Waals surface area contributed by atoms with Gasteiger partial charge in [-0.1, -0.05) is 17.7 Å². The van der Waals surface area contributed by atoms with Gasteiger partial charge in [-0.25, -0.2) is 0 Å². The van der Waals surface area contributed by atoms with Crippen molar-refractivity contribution in [2.45, 2.75) is 45.4 Å². The maximum absolute atomic E-state index is 12.8. The Bertz CT molecular complexity index is 600. The second-order valence-corrected chi connectivity index (χ2v) is 7.97. The summed E-state index contributed by atoms with van der Waals surface area (Å²) in [5.41, 5.74) is 6.77. The van der Waals surface area contributed by atoms with Gasteiger partial charge in [0.15, 0.2) is 0 Å². The SMILES string of the molecule is Cc1ccc(C(=O)NNC(=O)C23CC4CC(CC(C4)C2)C3)cc1. The second kappa shape index (κ2) is 5.36. The molecule has 0 aromatic heterocycles. The molecule has 0 atom stereocenters. The number of hydrogen-bond donors (Lipinski definition) is 2. The molecule has 0 saturated heterocycles. The lowest BCUT2D eigenvalue weighted by molar-refractivity contribution is -0.147. The molecular weight excluding hydrogens is 288 g/mol. The molecule has 0 radical (unpaired) electrons. The summed E-state index contributed by atoms with van der Waals surface area (Å²) in [5, 5.41) is 0. The van der Waals surface area contributed by atoms with E-state index in [1.165, 1.54) is 19.3 Å². The van der Waals surface area contributed by atoms with Crippen LogP contribution >= 0.6 is 0 Å². The van der Waals surface area contributed by atoms with Crippen molar-refractivity contribution in [2.24, 2.45) is 23.2 Å². The van der Waals surface area contributed by atoms with Crippen LogP contribution in [0.15, 0.2) is 24.3 Å². The Labute approximate surface area is 137 Å². The van der Waals surface area contributed by atoms with E-state index in [0.717, 1.165) is 42.6 Å². The van der Waals surface area contributed by atoms with Crippen LogP contribution in [0, 0.1) is 30.1 Å². The number of nitrogens with one attached hydrogen (secondary N) is 2. The Hall–Kier alpha value is -1.84. The highest BCUT2D eigenvalue weighted by atomic mass is 16.2. The van der Waals surface area contributed by atoms with Gasteiger partial charge in [-0.15, -0.1) is 0 Å². The average molecular weight is 312 g/mol. The normalized spacial score (nSPS) is 34.2. The number of aryl methyl sites for hydroxylation is 1. The highest BCUT2D eigenvalue weighted by Crippen LogP contribution is 2.59. The average Bonchev–Trinajstić information content (AvgIpc) is 2.51. The smallest absolute Gasteiger partial charge is 0.269 e. The molecule has 4 heteroatoms. The first kappa shape index (κ1) is 14.7. The number of rotatable bonds is 2. The zero-order valence-corrected chi connectivity index (χ0v) is 13.6. The summed E-state index contributed by atoms with van der Waals surface area (Å²) in [5.74, 6) is 1.94. The second-order valence-electron chi connectivity index (χ2n) is 7.97. The third kappa shape index (κ3) is 2.64. The fraction of sp³-hybridized carbons (Fsp3) is 0.579. The maximum Gasteiger partial charge on any atom is 0.269 e. The van der Waals surface area contributed by atoms with Gasteiger partial charge >= 0.3 is 0 Å². The lowest BCUT2D eigenvalue weighted by Gasteiger charge is -2.55. The van der Waals surface area contributed by atoms with E-state index in [1.54, 1.807) is 12.1 Å². The van der Waals surface area contributed by atoms with Crippen LogP contribution in [0.4, 0.5) is 0 Å². The Morgan fingerprint density at radius 1 is 0.913 bits per heavy atom. The van der Waals surface area contributed by atoms with Crippen molar-refractivity contribution in [1.82, 2.24) is 10.9 Å². The van der Waals surface area contributed by atoms with E-state index in [4.69, 9.17) is 0 Å². The topological polar surface area (TPSA) is 58.2 Å². The first-order chi connectivity index (χ1) is 11.0. The molecule has 5 rings (SSSR count). The van der Waals surface area contributed by atoms with Crippen molar-refractivity contribution >= 4 is 11.8 Å². The molecule has 1 aromatic rings. The van der Waals surface area contributed by atoms with Crippen LogP contribution in [0.25, 0.3) is 0 Å². The van der Waals surface area contributed by atoms with Crippen molar-refractivity contribution in [2.75, 3.05) is 0 Å². The molecule has 0 spiro atoms. The van der Waals surface area contributed by atoms with Crippen molar-refractivity contribution in [3.8, 4) is 0 Å². The number of benzene rings is 1. The van der Waals surface area contributed by atoms with Gasteiger partial charge in [0.2, 0.25) is 5.91 Å². The molecule has 1 aromatic carbocycles. The minimum Gasteiger partial charge on any atom is -0.273 e. The van der Waals surface area contributed by atoms with E-state index in [9.17, 15) is 9.59 Å². The Balaban J connectivity index is 1.40. The summed E-state index contributed by atoms with van der Waals surface area (Å²) in [6, 6.07) is 7.36. The van der Waals surface area contributed by atoms with E-state index in [2.05, 4.69) is 10.9 Å². The van der Waals surface area contributed by atoms with Crippen molar-refractivity contribution < 1.29 is 9.59 Å². The molecule has 0 unspecified atom stereocenters. The van der Waals surface area contributed by atoms with Crippen LogP contribution < -0.4 is 10.9 Å². The fourth-order valence-corrected chi connectivity index (χ4v) is 5.41. The molecule has 0 heterocycles. The standard InChI is InChI=1S/C19H24N2O2/c1-12-2-4-16(5-3-12)17(22)20-21-18(23)19-9-13-6-14(10-19)8-15(7-13)11-19/h2-5,13-15H,6-11H2,1H3,(H,20,22)(H,21,23). The summed E-state index contributed by atoms with van der Waals surface area (Å²) in [6.07, 6.45) is 6.94. The van der Waals surface area contributed by atoms with E-state index in [1.807, 2.05) is 19.1 Å². The van der Waals surface area contributed by atoms with Crippen molar-refractivity contribution in [3.63, 3.8) is 0 Å². The highest BCUT2D eigenvalue weighted by Gasteiger charge is 2.54. The van der Waals surface area contributed by atoms with Crippen LogP contribution in [0.1, 0.15) is 54.4 Å². The summed E-state index contributed by atoms with van der Waals surface area (Å²) >= 11 is 0. The van der Waals surface area contributed by atoms with Gasteiger partial charge in [-0.3, -0.25) is 20.4 Å². The van der Waals surface area contributed by atoms with Gasteiger partial charge in [0, 0.05) is 5.56 Å². The zero-order valence-electron chi connectivity index (χ0n) is 13.6. The molecule has 4 nitrogen and oxygen atoms in total. The molecule has 4 fully saturated rings. The molecule has 4 aliphatic carbocycles. The van der Waals surface area contributed by atoms with Crippen LogP contribution in [0.3, 0.4) is 0 Å². The zero-order chi connectivity index (χ0) is 16.0. The molecule has 2 N–H and O–H groups in total. The monoisotopic (exact) mass is 312 g/mol. The first-order valence-corrected chi connectivity index (χ1v) is 8.71. The minimum atomic E-state index is -0.247. The molecule has 4 bridgehead atoms. The largest absolute Gasteiger partial charge is 0.273 e. The Morgan fingerprint density at radius 3 is 1.96 bits per heavy atom. The Kier molecular flexibility index (Phi) is 3.43. The van der Waals surface area contributed by atoms with Gasteiger partial charge in [0.25, 0.3) is 5.91 Å². The fourth-order valence-electron chi connectivity index (χ4n) is 5.41. The van der Waals surface area contributed by atoms with Gasteiger partial charge < -0.3 is 0 Å². The minimum absolute atomic E-state index is 0.0251. The third-order valence-corrected chi connectivity index (χ3v) is 6.12. The predicted octanol–water partition coefficient (Wildman–Crippen LogP) is 2.97. The van der Waals surface area contributed by atoms with E-state index < -0.39 is 0 Å². The summed E-state index contributed by atoms with van der Waals surface area (Å²) < 4.78 is 0. The number of hydrogen-bond acceptors (Lipinski definition) is 2. The van der Waals surface area contributed by atoms with Crippen LogP contribution in [0.5, 0.6) is 0 Å². The summed E-state index contributed by atoms with van der Waals surface area (Å²) in [7, 11) is 0. The third-order valence-electron chi connectivity index (χ3n) is 6.12. The van der Waals surface area contributed by atoms with E-state index >= 15 is 0 Å². The van der Waals surface area contributed by atoms with Crippen LogP contribution in [-0.4, -0.2) is 11.8 Å². The van der Waals surface area contributed by atoms with Crippen molar-refractivity contribution in [1.29, 1.82) is 0 Å². The number of carbonyl (C=O) groups excluding carboxylic acids is 2. The molecule has 4 saturated carbocycles. The summed E-state index contributed by atoms with van der Waals surface area (Å²) in [6.45, 7) is 1.98. The van der Waals surface area contributed by atoms with E-state index in [0.29, 0.717) is 5.56 Å². The van der Waals surface area contributed by atoms with Crippen molar-refractivity contribution in [3.05, 3.63) is 35.4 Å². The van der Waals surface area contributed by atoms with E-state index in [-0.39, 0.29) is 17.2 Å². The molecule has 23 heavy (non-hydrogen) atoms. The molecule has 122 valence electrons. The first-order valence-electron chi connectivity index (χ1n) is 8.71. The summed E-state index contributed by atoms with van der Waals surface area (Å²) in [4.78, 5) is 24.9. The molecule has 0 aliphatic heterocycles. The number of carbonyl (C=O) groups is 2.